The van der Waals surface area contributed by atoms with Gasteiger partial charge in [0.2, 0.25) is 23.6 Å². The van der Waals surface area contributed by atoms with Crippen LogP contribution in [0.4, 0.5) is 5.69 Å². The molecule has 0 aromatic heterocycles. The third-order valence-corrected chi connectivity index (χ3v) is 4.69. The van der Waals surface area contributed by atoms with E-state index in [0.29, 0.717) is 0 Å². The number of nitro benzene ring substituents is 1. The molecule has 0 aliphatic carbocycles. The quantitative estimate of drug-likeness (QED) is 0.454. The van der Waals surface area contributed by atoms with Crippen LogP contribution < -0.4 is 16.0 Å². The fourth-order valence-corrected chi connectivity index (χ4v) is 3.26. The number of amides is 4. The van der Waals surface area contributed by atoms with E-state index >= 15 is 0 Å². The summed E-state index contributed by atoms with van der Waals surface area (Å²) in [5.74, 6) is -2.20. The largest absolute Gasteiger partial charge is 0.357 e. The molecule has 4 amide bonds. The summed E-state index contributed by atoms with van der Waals surface area (Å²) in [6.07, 6.45) is -1.47. The summed E-state index contributed by atoms with van der Waals surface area (Å²) in [6.45, 7) is 2.67. The molecule has 0 radical (unpaired) electrons. The Labute approximate surface area is 170 Å². The molecule has 12 heteroatoms. The van der Waals surface area contributed by atoms with Crippen molar-refractivity contribution in [3.8, 4) is 0 Å². The third kappa shape index (κ3) is 4.80. The average molecular weight is 426 g/mol. The maximum Gasteiger partial charge on any atom is 0.288 e. The molecule has 3 atom stereocenters. The average Bonchev–Trinajstić information content (AvgIpc) is 2.65. The van der Waals surface area contributed by atoms with Crippen molar-refractivity contribution in [1.29, 1.82) is 0 Å². The van der Waals surface area contributed by atoms with Crippen molar-refractivity contribution in [2.45, 2.75) is 38.5 Å². The minimum absolute atomic E-state index is 0.117. The molecule has 1 aliphatic heterocycles. The molecule has 0 bridgehead atoms. The van der Waals surface area contributed by atoms with Crippen LogP contribution in [-0.2, 0) is 19.2 Å². The second kappa shape index (κ2) is 8.86. The predicted octanol–water partition coefficient (Wildman–Crippen LogP) is 0.234. The topological polar surface area (TPSA) is 151 Å². The first-order valence-corrected chi connectivity index (χ1v) is 8.98. The first-order chi connectivity index (χ1) is 13.6. The van der Waals surface area contributed by atoms with E-state index in [-0.39, 0.29) is 17.0 Å². The van der Waals surface area contributed by atoms with Gasteiger partial charge < -0.3 is 20.9 Å². The Kier molecular flexibility index (Phi) is 6.75. The van der Waals surface area contributed by atoms with E-state index in [2.05, 4.69) is 16.0 Å². The van der Waals surface area contributed by atoms with Crippen LogP contribution in [0.25, 0.3) is 0 Å². The minimum Gasteiger partial charge on any atom is -0.357 e. The minimum atomic E-state index is -1.17. The van der Waals surface area contributed by atoms with Crippen molar-refractivity contribution in [3.05, 3.63) is 38.9 Å². The molecule has 1 heterocycles. The number of likely N-dealkylation sites (N-methyl/N-ethyl adjacent to an activating group) is 1. The van der Waals surface area contributed by atoms with Crippen LogP contribution in [0.15, 0.2) is 18.2 Å². The van der Waals surface area contributed by atoms with Gasteiger partial charge in [0.15, 0.2) is 0 Å². The van der Waals surface area contributed by atoms with Crippen molar-refractivity contribution >= 4 is 40.9 Å². The molecule has 11 nitrogen and oxygen atoms in total. The lowest BCUT2D eigenvalue weighted by Gasteiger charge is -2.42. The summed E-state index contributed by atoms with van der Waals surface area (Å²) in [7, 11) is 1.36. The second-order valence-electron chi connectivity index (χ2n) is 6.44. The van der Waals surface area contributed by atoms with Crippen LogP contribution in [0.3, 0.4) is 0 Å². The maximum absolute atomic E-state index is 13.1. The lowest BCUT2D eigenvalue weighted by molar-refractivity contribution is -0.384. The van der Waals surface area contributed by atoms with Crippen LogP contribution >= 0.6 is 11.6 Å². The molecule has 156 valence electrons. The number of nitro groups is 1. The second-order valence-corrected chi connectivity index (χ2v) is 6.85. The molecule has 2 rings (SSSR count). The Balaban J connectivity index is 2.56. The van der Waals surface area contributed by atoms with Crippen molar-refractivity contribution < 1.29 is 24.1 Å². The van der Waals surface area contributed by atoms with Crippen molar-refractivity contribution in [2.24, 2.45) is 0 Å². The van der Waals surface area contributed by atoms with E-state index in [4.69, 9.17) is 11.6 Å². The monoisotopic (exact) mass is 425 g/mol. The van der Waals surface area contributed by atoms with E-state index in [9.17, 15) is 29.3 Å². The molecule has 1 aromatic carbocycles. The van der Waals surface area contributed by atoms with Gasteiger partial charge >= 0.3 is 0 Å². The first-order valence-electron chi connectivity index (χ1n) is 8.60. The Morgan fingerprint density at radius 3 is 2.59 bits per heavy atom. The van der Waals surface area contributed by atoms with E-state index in [1.807, 2.05) is 0 Å². The summed E-state index contributed by atoms with van der Waals surface area (Å²) in [6, 6.07) is 1.64. The highest BCUT2D eigenvalue weighted by atomic mass is 35.5. The Bertz CT molecular complexity index is 876. The zero-order chi connectivity index (χ0) is 21.9. The van der Waals surface area contributed by atoms with Gasteiger partial charge in [-0.3, -0.25) is 29.3 Å². The standard InChI is InChI=1S/C17H20ClN5O6/c1-8(20-9(2)24)17(27)22-13(16(26)19-3)7-14(25)21-15(22)10-4-5-11(18)12(6-10)23(28)29/h4-6,8,13,15H,7H2,1-3H3,(H,19,26)(H,20,24)(H,21,25)/t8-,13+,15+/m1/s1. The Morgan fingerprint density at radius 2 is 2.03 bits per heavy atom. The zero-order valence-corrected chi connectivity index (χ0v) is 16.6. The van der Waals surface area contributed by atoms with Gasteiger partial charge in [-0.25, -0.2) is 0 Å². The van der Waals surface area contributed by atoms with Crippen LogP contribution in [-0.4, -0.2) is 52.6 Å². The number of nitrogens with one attached hydrogen (secondary N) is 3. The lowest BCUT2D eigenvalue weighted by atomic mass is 10.00. The number of nitrogens with zero attached hydrogens (tertiary/aromatic N) is 2. The molecule has 3 N–H and O–H groups in total. The van der Waals surface area contributed by atoms with E-state index < -0.39 is 52.5 Å². The highest BCUT2D eigenvalue weighted by molar-refractivity contribution is 6.32. The van der Waals surface area contributed by atoms with Crippen LogP contribution in [0, 0.1) is 10.1 Å². The lowest BCUT2D eigenvalue weighted by Crippen LogP contribution is -2.62. The number of carbonyl (C=O) groups is 4. The van der Waals surface area contributed by atoms with Gasteiger partial charge in [0, 0.05) is 25.6 Å². The predicted molar refractivity (Wildman–Crippen MR) is 102 cm³/mol. The summed E-state index contributed by atoms with van der Waals surface area (Å²) in [4.78, 5) is 60.6. The molecule has 29 heavy (non-hydrogen) atoms. The van der Waals surface area contributed by atoms with Gasteiger partial charge in [-0.15, -0.1) is 0 Å². The van der Waals surface area contributed by atoms with Gasteiger partial charge in [0.05, 0.1) is 11.3 Å². The van der Waals surface area contributed by atoms with E-state index in [1.54, 1.807) is 0 Å². The number of hydrogen-bond acceptors (Lipinski definition) is 6. The molecular formula is C17H20ClN5O6. The molecule has 1 aliphatic rings. The van der Waals surface area contributed by atoms with Crippen molar-refractivity contribution in [1.82, 2.24) is 20.9 Å². The van der Waals surface area contributed by atoms with Gasteiger partial charge in [0.25, 0.3) is 5.69 Å². The van der Waals surface area contributed by atoms with Crippen molar-refractivity contribution in [3.63, 3.8) is 0 Å². The SMILES string of the molecule is CNC(=O)[C@@H]1CC(=O)N[C@H](c2ccc(Cl)c([N+](=O)[O-])c2)N1C(=O)[C@@H](C)NC(C)=O. The number of hydrogen-bond donors (Lipinski definition) is 3. The van der Waals surface area contributed by atoms with Gasteiger partial charge in [-0.05, 0) is 13.0 Å². The number of benzene rings is 1. The summed E-state index contributed by atoms with van der Waals surface area (Å²) in [5.41, 5.74) is -0.228. The van der Waals surface area contributed by atoms with E-state index in [0.717, 1.165) is 11.0 Å². The third-order valence-electron chi connectivity index (χ3n) is 4.37. The molecular weight excluding hydrogens is 406 g/mol. The van der Waals surface area contributed by atoms with Gasteiger partial charge in [-0.1, -0.05) is 17.7 Å². The highest BCUT2D eigenvalue weighted by Gasteiger charge is 2.43. The fourth-order valence-electron chi connectivity index (χ4n) is 3.08. The van der Waals surface area contributed by atoms with Crippen LogP contribution in [0.2, 0.25) is 5.02 Å². The molecule has 1 saturated heterocycles. The number of carbonyl (C=O) groups excluding carboxylic acids is 4. The van der Waals surface area contributed by atoms with Gasteiger partial charge in [-0.2, -0.15) is 0 Å². The summed E-state index contributed by atoms with van der Waals surface area (Å²) in [5, 5.41) is 18.5. The van der Waals surface area contributed by atoms with Crippen molar-refractivity contribution in [2.75, 3.05) is 7.05 Å². The Hall–Kier alpha value is -3.21. The maximum atomic E-state index is 13.1. The first kappa shape index (κ1) is 22.1. The summed E-state index contributed by atoms with van der Waals surface area (Å²) >= 11 is 5.85. The molecule has 0 saturated carbocycles. The fraction of sp³-hybridized carbons (Fsp3) is 0.412. The summed E-state index contributed by atoms with van der Waals surface area (Å²) < 4.78 is 0. The molecule has 1 fully saturated rings. The molecule has 1 aromatic rings. The molecule has 0 spiro atoms. The zero-order valence-electron chi connectivity index (χ0n) is 15.9. The van der Waals surface area contributed by atoms with Gasteiger partial charge in [0.1, 0.15) is 23.3 Å². The number of halogens is 1. The number of rotatable bonds is 5. The van der Waals surface area contributed by atoms with E-state index in [1.165, 1.54) is 33.0 Å². The highest BCUT2D eigenvalue weighted by Crippen LogP contribution is 2.32. The van der Waals surface area contributed by atoms with Crippen LogP contribution in [0.1, 0.15) is 32.0 Å². The van der Waals surface area contributed by atoms with Crippen LogP contribution in [0.5, 0.6) is 0 Å². The normalized spacial score (nSPS) is 19.7. The Morgan fingerprint density at radius 1 is 1.38 bits per heavy atom. The molecule has 0 unspecified atom stereocenters. The smallest absolute Gasteiger partial charge is 0.288 e.